The first-order valence-electron chi connectivity index (χ1n) is 9.22. The van der Waals surface area contributed by atoms with Crippen molar-refractivity contribution in [3.63, 3.8) is 0 Å². The SMILES string of the molecule is CCCc1ncc2c(n1)CCN(Cc1ccc(-c3cc(Cl)ccc3Cl)o1)C2. The van der Waals surface area contributed by atoms with Crippen LogP contribution in [0.5, 0.6) is 0 Å². The zero-order valence-electron chi connectivity index (χ0n) is 15.2. The minimum absolute atomic E-state index is 0.632. The zero-order chi connectivity index (χ0) is 18.8. The molecule has 2 aromatic heterocycles. The maximum absolute atomic E-state index is 6.28. The van der Waals surface area contributed by atoms with E-state index < -0.39 is 0 Å². The molecule has 0 amide bonds. The van der Waals surface area contributed by atoms with Crippen molar-refractivity contribution in [3.8, 4) is 11.3 Å². The molecule has 27 heavy (non-hydrogen) atoms. The van der Waals surface area contributed by atoms with Gasteiger partial charge in [0.2, 0.25) is 0 Å². The molecule has 6 heteroatoms. The topological polar surface area (TPSA) is 42.2 Å². The highest BCUT2D eigenvalue weighted by Crippen LogP contribution is 2.32. The lowest BCUT2D eigenvalue weighted by Gasteiger charge is -2.27. The standard InChI is InChI=1S/C21H21Cl2N3O/c1-2-3-21-24-11-14-12-26(9-8-19(14)25-21)13-16-5-7-20(27-16)17-10-15(22)4-6-18(17)23/h4-7,10-11H,2-3,8-9,12-13H2,1H3. The van der Waals surface area contributed by atoms with Gasteiger partial charge < -0.3 is 4.42 Å². The molecule has 0 saturated heterocycles. The van der Waals surface area contributed by atoms with Gasteiger partial charge in [0.25, 0.3) is 0 Å². The number of aromatic nitrogens is 2. The number of hydrogen-bond acceptors (Lipinski definition) is 4. The maximum atomic E-state index is 6.28. The van der Waals surface area contributed by atoms with Gasteiger partial charge in [-0.2, -0.15) is 0 Å². The van der Waals surface area contributed by atoms with Gasteiger partial charge in [0, 0.05) is 54.0 Å². The van der Waals surface area contributed by atoms with Crippen LogP contribution in [0.15, 0.2) is 40.9 Å². The van der Waals surface area contributed by atoms with Gasteiger partial charge >= 0.3 is 0 Å². The molecule has 0 spiro atoms. The molecular formula is C21H21Cl2N3O. The molecular weight excluding hydrogens is 381 g/mol. The van der Waals surface area contributed by atoms with E-state index >= 15 is 0 Å². The number of nitrogens with zero attached hydrogens (tertiary/aromatic N) is 3. The summed E-state index contributed by atoms with van der Waals surface area (Å²) in [6, 6.07) is 9.34. The van der Waals surface area contributed by atoms with E-state index in [0.29, 0.717) is 10.0 Å². The summed E-state index contributed by atoms with van der Waals surface area (Å²) < 4.78 is 6.03. The van der Waals surface area contributed by atoms with Crippen LogP contribution in [-0.2, 0) is 25.9 Å². The van der Waals surface area contributed by atoms with Crippen LogP contribution in [0.1, 0.15) is 36.2 Å². The Hall–Kier alpha value is -1.88. The quantitative estimate of drug-likeness (QED) is 0.561. The summed E-state index contributed by atoms with van der Waals surface area (Å²) in [6.45, 7) is 4.70. The van der Waals surface area contributed by atoms with Gasteiger partial charge in [-0.15, -0.1) is 0 Å². The highest BCUT2D eigenvalue weighted by molar-refractivity contribution is 6.35. The fourth-order valence-corrected chi connectivity index (χ4v) is 3.79. The van der Waals surface area contributed by atoms with Gasteiger partial charge in [-0.25, -0.2) is 9.97 Å². The third-order valence-corrected chi connectivity index (χ3v) is 5.34. The van der Waals surface area contributed by atoms with Crippen LogP contribution in [0.3, 0.4) is 0 Å². The predicted octanol–water partition coefficient (Wildman–Crippen LogP) is 5.55. The fraction of sp³-hybridized carbons (Fsp3) is 0.333. The average molecular weight is 402 g/mol. The Labute approximate surface area is 169 Å². The van der Waals surface area contributed by atoms with Gasteiger partial charge in [-0.3, -0.25) is 4.90 Å². The van der Waals surface area contributed by atoms with Crippen LogP contribution in [0, 0.1) is 0 Å². The Morgan fingerprint density at radius 3 is 2.93 bits per heavy atom. The van der Waals surface area contributed by atoms with Crippen molar-refractivity contribution in [1.29, 1.82) is 0 Å². The van der Waals surface area contributed by atoms with Gasteiger partial charge in [0.1, 0.15) is 17.3 Å². The number of benzene rings is 1. The average Bonchev–Trinajstić information content (AvgIpc) is 3.12. The monoisotopic (exact) mass is 401 g/mol. The smallest absolute Gasteiger partial charge is 0.135 e. The van der Waals surface area contributed by atoms with Gasteiger partial charge in [0.15, 0.2) is 0 Å². The third-order valence-electron chi connectivity index (χ3n) is 4.77. The molecule has 0 N–H and O–H groups in total. The van der Waals surface area contributed by atoms with Crippen molar-refractivity contribution in [3.05, 3.63) is 69.4 Å². The molecule has 3 aromatic rings. The molecule has 0 bridgehead atoms. The van der Waals surface area contributed by atoms with Crippen molar-refractivity contribution in [2.45, 2.75) is 39.3 Å². The number of hydrogen-bond donors (Lipinski definition) is 0. The molecule has 4 rings (SSSR count). The Kier molecular flexibility index (Phi) is 5.48. The van der Waals surface area contributed by atoms with Crippen LogP contribution in [0.4, 0.5) is 0 Å². The van der Waals surface area contributed by atoms with Crippen LogP contribution in [0.2, 0.25) is 10.0 Å². The van der Waals surface area contributed by atoms with Crippen LogP contribution in [-0.4, -0.2) is 21.4 Å². The number of furan rings is 1. The molecule has 3 heterocycles. The molecule has 1 aromatic carbocycles. The highest BCUT2D eigenvalue weighted by Gasteiger charge is 2.20. The summed E-state index contributed by atoms with van der Waals surface area (Å²) in [6.07, 6.45) is 4.95. The Bertz CT molecular complexity index is 954. The maximum Gasteiger partial charge on any atom is 0.135 e. The molecule has 0 radical (unpaired) electrons. The minimum Gasteiger partial charge on any atom is -0.460 e. The first-order chi connectivity index (χ1) is 13.1. The normalized spacial score (nSPS) is 14.3. The van der Waals surface area contributed by atoms with E-state index in [0.717, 1.165) is 61.8 Å². The summed E-state index contributed by atoms with van der Waals surface area (Å²) in [5.74, 6) is 2.61. The Morgan fingerprint density at radius 2 is 2.07 bits per heavy atom. The zero-order valence-corrected chi connectivity index (χ0v) is 16.7. The Balaban J connectivity index is 1.46. The van der Waals surface area contributed by atoms with Crippen molar-refractivity contribution >= 4 is 23.2 Å². The highest BCUT2D eigenvalue weighted by atomic mass is 35.5. The summed E-state index contributed by atoms with van der Waals surface area (Å²) in [4.78, 5) is 11.6. The second-order valence-electron chi connectivity index (χ2n) is 6.86. The molecule has 1 aliphatic rings. The van der Waals surface area contributed by atoms with Crippen molar-refractivity contribution in [2.75, 3.05) is 6.54 Å². The lowest BCUT2D eigenvalue weighted by atomic mass is 10.1. The first-order valence-corrected chi connectivity index (χ1v) is 9.98. The van der Waals surface area contributed by atoms with E-state index in [1.165, 1.54) is 11.3 Å². The molecule has 4 nitrogen and oxygen atoms in total. The van der Waals surface area contributed by atoms with Crippen LogP contribution >= 0.6 is 23.2 Å². The predicted molar refractivity (Wildman–Crippen MR) is 108 cm³/mol. The molecule has 0 aliphatic carbocycles. The third kappa shape index (κ3) is 4.18. The molecule has 0 unspecified atom stereocenters. The van der Waals surface area contributed by atoms with E-state index in [2.05, 4.69) is 16.8 Å². The summed E-state index contributed by atoms with van der Waals surface area (Å²) >= 11 is 12.4. The number of aryl methyl sites for hydroxylation is 1. The Morgan fingerprint density at radius 1 is 1.19 bits per heavy atom. The first kappa shape index (κ1) is 18.5. The lowest BCUT2D eigenvalue weighted by molar-refractivity contribution is 0.224. The second-order valence-corrected chi connectivity index (χ2v) is 7.70. The molecule has 0 atom stereocenters. The molecule has 0 saturated carbocycles. The van der Waals surface area contributed by atoms with E-state index in [-0.39, 0.29) is 0 Å². The van der Waals surface area contributed by atoms with Gasteiger partial charge in [-0.1, -0.05) is 30.1 Å². The van der Waals surface area contributed by atoms with Crippen LogP contribution in [0.25, 0.3) is 11.3 Å². The second kappa shape index (κ2) is 8.01. The van der Waals surface area contributed by atoms with Crippen molar-refractivity contribution in [2.24, 2.45) is 0 Å². The number of fused-ring (bicyclic) bond motifs is 1. The van der Waals surface area contributed by atoms with Gasteiger partial charge in [-0.05, 0) is 36.8 Å². The summed E-state index contributed by atoms with van der Waals surface area (Å²) in [5.41, 5.74) is 3.22. The van der Waals surface area contributed by atoms with E-state index in [1.54, 1.807) is 12.1 Å². The number of rotatable bonds is 5. The van der Waals surface area contributed by atoms with Crippen LogP contribution < -0.4 is 0 Å². The van der Waals surface area contributed by atoms with Crippen molar-refractivity contribution < 1.29 is 4.42 Å². The summed E-state index contributed by atoms with van der Waals surface area (Å²) in [7, 11) is 0. The summed E-state index contributed by atoms with van der Waals surface area (Å²) in [5, 5.41) is 1.27. The lowest BCUT2D eigenvalue weighted by Crippen LogP contribution is -2.31. The number of halogens is 2. The van der Waals surface area contributed by atoms with Gasteiger partial charge in [0.05, 0.1) is 11.6 Å². The van der Waals surface area contributed by atoms with Crippen molar-refractivity contribution in [1.82, 2.24) is 14.9 Å². The van der Waals surface area contributed by atoms with E-state index in [9.17, 15) is 0 Å². The molecule has 1 aliphatic heterocycles. The minimum atomic E-state index is 0.632. The molecule has 0 fully saturated rings. The van der Waals surface area contributed by atoms with E-state index in [4.69, 9.17) is 32.6 Å². The van der Waals surface area contributed by atoms with E-state index in [1.807, 2.05) is 24.4 Å². The largest absolute Gasteiger partial charge is 0.460 e. The fourth-order valence-electron chi connectivity index (χ4n) is 3.41. The molecule has 140 valence electrons.